The fraction of sp³-hybridized carbons (Fsp3) is 0.294. The molecule has 0 aliphatic heterocycles. The number of rotatable bonds is 4. The highest BCUT2D eigenvalue weighted by molar-refractivity contribution is 5.76. The second-order valence-electron chi connectivity index (χ2n) is 5.59. The molecule has 0 bridgehead atoms. The van der Waals surface area contributed by atoms with E-state index in [9.17, 15) is 4.79 Å². The van der Waals surface area contributed by atoms with Crippen LogP contribution >= 0.6 is 0 Å². The van der Waals surface area contributed by atoms with Crippen molar-refractivity contribution in [2.45, 2.75) is 27.2 Å². The van der Waals surface area contributed by atoms with Gasteiger partial charge in [0.2, 0.25) is 11.7 Å². The Labute approximate surface area is 139 Å². The predicted octanol–water partition coefficient (Wildman–Crippen LogP) is 2.54. The number of hydrogen-bond acceptors (Lipinski definition) is 6. The quantitative estimate of drug-likeness (QED) is 0.541. The fourth-order valence-electron chi connectivity index (χ4n) is 2.47. The summed E-state index contributed by atoms with van der Waals surface area (Å²) in [4.78, 5) is 16.3. The molecular weight excluding hydrogens is 308 g/mol. The monoisotopic (exact) mass is 326 g/mol. The lowest BCUT2D eigenvalue weighted by Crippen LogP contribution is -2.12. The average molecular weight is 326 g/mol. The van der Waals surface area contributed by atoms with Crippen molar-refractivity contribution in [3.63, 3.8) is 0 Å². The van der Waals surface area contributed by atoms with Crippen LogP contribution in [-0.4, -0.2) is 25.9 Å². The minimum absolute atomic E-state index is 0.192. The maximum Gasteiger partial charge on any atom is 0.315 e. The third kappa shape index (κ3) is 3.19. The van der Waals surface area contributed by atoms with Crippen LogP contribution in [0.15, 0.2) is 28.8 Å². The van der Waals surface area contributed by atoms with Crippen LogP contribution in [0.1, 0.15) is 22.8 Å². The number of carbonyl (C=O) groups excluding carboxylic acids is 1. The molecule has 0 amide bonds. The molecule has 24 heavy (non-hydrogen) atoms. The van der Waals surface area contributed by atoms with E-state index in [1.165, 1.54) is 0 Å². The molecule has 7 nitrogen and oxygen atoms in total. The SMILES string of the molecule is Cc1nc(-c2ccc(OC(=O)Cc3c(C)nn(C)c3C)cc2)no1. The Balaban J connectivity index is 1.68. The van der Waals surface area contributed by atoms with Crippen LogP contribution in [0.2, 0.25) is 0 Å². The second kappa shape index (κ2) is 6.27. The molecule has 2 heterocycles. The maximum absolute atomic E-state index is 12.2. The number of aromatic nitrogens is 4. The Hall–Kier alpha value is -2.96. The molecule has 0 aliphatic rings. The molecule has 0 spiro atoms. The van der Waals surface area contributed by atoms with Gasteiger partial charge in [-0.15, -0.1) is 0 Å². The molecule has 0 N–H and O–H groups in total. The predicted molar refractivity (Wildman–Crippen MR) is 86.5 cm³/mol. The van der Waals surface area contributed by atoms with Crippen molar-refractivity contribution in [2.75, 3.05) is 0 Å². The Kier molecular flexibility index (Phi) is 4.16. The van der Waals surface area contributed by atoms with Crippen LogP contribution < -0.4 is 4.74 Å². The first-order chi connectivity index (χ1) is 11.4. The first kappa shape index (κ1) is 15.9. The molecule has 7 heteroatoms. The van der Waals surface area contributed by atoms with E-state index < -0.39 is 0 Å². The number of nitrogens with zero attached hydrogens (tertiary/aromatic N) is 4. The van der Waals surface area contributed by atoms with Gasteiger partial charge in [0, 0.05) is 30.8 Å². The lowest BCUT2D eigenvalue weighted by atomic mass is 10.1. The molecule has 124 valence electrons. The zero-order chi connectivity index (χ0) is 17.3. The molecular formula is C17H18N4O3. The van der Waals surface area contributed by atoms with E-state index in [1.807, 2.05) is 20.9 Å². The molecule has 0 fully saturated rings. The summed E-state index contributed by atoms with van der Waals surface area (Å²) in [7, 11) is 1.86. The normalized spacial score (nSPS) is 10.8. The summed E-state index contributed by atoms with van der Waals surface area (Å²) in [6.07, 6.45) is 0.192. The highest BCUT2D eigenvalue weighted by Crippen LogP contribution is 2.21. The molecule has 0 atom stereocenters. The van der Waals surface area contributed by atoms with Crippen LogP contribution in [0.25, 0.3) is 11.4 Å². The third-order valence-corrected chi connectivity index (χ3v) is 3.85. The molecule has 1 aromatic carbocycles. The average Bonchev–Trinajstić information content (AvgIpc) is 3.07. The Morgan fingerprint density at radius 2 is 1.92 bits per heavy atom. The number of esters is 1. The van der Waals surface area contributed by atoms with E-state index in [-0.39, 0.29) is 12.4 Å². The van der Waals surface area contributed by atoms with Gasteiger partial charge in [0.15, 0.2) is 0 Å². The molecule has 0 aliphatic carbocycles. The number of aryl methyl sites for hydroxylation is 3. The zero-order valence-electron chi connectivity index (χ0n) is 14.0. The van der Waals surface area contributed by atoms with Crippen LogP contribution in [0, 0.1) is 20.8 Å². The first-order valence-corrected chi connectivity index (χ1v) is 7.54. The second-order valence-corrected chi connectivity index (χ2v) is 5.59. The lowest BCUT2D eigenvalue weighted by Gasteiger charge is -2.05. The van der Waals surface area contributed by atoms with Crippen LogP contribution in [0.5, 0.6) is 5.75 Å². The lowest BCUT2D eigenvalue weighted by molar-refractivity contribution is -0.133. The number of carbonyl (C=O) groups is 1. The van der Waals surface area contributed by atoms with Gasteiger partial charge >= 0.3 is 5.97 Å². The fourth-order valence-corrected chi connectivity index (χ4v) is 2.47. The molecule has 2 aromatic heterocycles. The molecule has 0 radical (unpaired) electrons. The van der Waals surface area contributed by atoms with Crippen molar-refractivity contribution in [3.05, 3.63) is 47.1 Å². The number of benzene rings is 1. The highest BCUT2D eigenvalue weighted by atomic mass is 16.5. The summed E-state index contributed by atoms with van der Waals surface area (Å²) < 4.78 is 12.1. The molecule has 0 unspecified atom stereocenters. The summed E-state index contributed by atoms with van der Waals surface area (Å²) in [5.74, 6) is 1.16. The van der Waals surface area contributed by atoms with E-state index in [1.54, 1.807) is 35.9 Å². The molecule has 0 saturated carbocycles. The third-order valence-electron chi connectivity index (χ3n) is 3.85. The van der Waals surface area contributed by atoms with Gasteiger partial charge in [0.05, 0.1) is 12.1 Å². The van der Waals surface area contributed by atoms with E-state index >= 15 is 0 Å². The van der Waals surface area contributed by atoms with Crippen molar-refractivity contribution in [3.8, 4) is 17.1 Å². The van der Waals surface area contributed by atoms with E-state index in [0.717, 1.165) is 22.5 Å². The van der Waals surface area contributed by atoms with Crippen molar-refractivity contribution in [1.29, 1.82) is 0 Å². The largest absolute Gasteiger partial charge is 0.426 e. The Morgan fingerprint density at radius 1 is 1.21 bits per heavy atom. The Bertz CT molecular complexity index is 878. The number of hydrogen-bond donors (Lipinski definition) is 0. The van der Waals surface area contributed by atoms with Gasteiger partial charge in [0.1, 0.15) is 5.75 Å². The molecule has 3 rings (SSSR count). The van der Waals surface area contributed by atoms with Crippen molar-refractivity contribution in [2.24, 2.45) is 7.05 Å². The maximum atomic E-state index is 12.2. The van der Waals surface area contributed by atoms with Gasteiger partial charge in [-0.1, -0.05) is 5.16 Å². The summed E-state index contributed by atoms with van der Waals surface area (Å²) in [6, 6.07) is 6.99. The minimum Gasteiger partial charge on any atom is -0.426 e. The van der Waals surface area contributed by atoms with E-state index in [2.05, 4.69) is 15.2 Å². The zero-order valence-corrected chi connectivity index (χ0v) is 14.0. The molecule has 0 saturated heterocycles. The smallest absolute Gasteiger partial charge is 0.315 e. The summed E-state index contributed by atoms with van der Waals surface area (Å²) in [5.41, 5.74) is 3.51. The summed E-state index contributed by atoms with van der Waals surface area (Å²) >= 11 is 0. The van der Waals surface area contributed by atoms with Crippen LogP contribution in [-0.2, 0) is 18.3 Å². The van der Waals surface area contributed by atoms with E-state index in [0.29, 0.717) is 17.5 Å². The standard InChI is InChI=1S/C17H18N4O3/c1-10-15(11(2)21(4)19-10)9-16(22)23-14-7-5-13(6-8-14)17-18-12(3)24-20-17/h5-8H,9H2,1-4H3. The number of ether oxygens (including phenoxy) is 1. The van der Waals surface area contributed by atoms with Gasteiger partial charge in [0.25, 0.3) is 0 Å². The molecule has 3 aromatic rings. The minimum atomic E-state index is -0.322. The van der Waals surface area contributed by atoms with Gasteiger partial charge < -0.3 is 9.26 Å². The topological polar surface area (TPSA) is 83.0 Å². The van der Waals surface area contributed by atoms with Gasteiger partial charge in [-0.05, 0) is 38.1 Å². The van der Waals surface area contributed by atoms with Crippen LogP contribution in [0.4, 0.5) is 0 Å². The van der Waals surface area contributed by atoms with Crippen LogP contribution in [0.3, 0.4) is 0 Å². The van der Waals surface area contributed by atoms with Crippen molar-refractivity contribution >= 4 is 5.97 Å². The van der Waals surface area contributed by atoms with Gasteiger partial charge in [-0.25, -0.2) is 0 Å². The Morgan fingerprint density at radius 3 is 2.46 bits per heavy atom. The summed E-state index contributed by atoms with van der Waals surface area (Å²) in [6.45, 7) is 5.55. The van der Waals surface area contributed by atoms with E-state index in [4.69, 9.17) is 9.26 Å². The van der Waals surface area contributed by atoms with Crippen molar-refractivity contribution in [1.82, 2.24) is 19.9 Å². The van der Waals surface area contributed by atoms with Gasteiger partial charge in [-0.2, -0.15) is 10.1 Å². The summed E-state index contributed by atoms with van der Waals surface area (Å²) in [5, 5.41) is 8.16. The highest BCUT2D eigenvalue weighted by Gasteiger charge is 2.15. The first-order valence-electron chi connectivity index (χ1n) is 7.54. The van der Waals surface area contributed by atoms with Crippen molar-refractivity contribution < 1.29 is 14.1 Å². The van der Waals surface area contributed by atoms with Gasteiger partial charge in [-0.3, -0.25) is 9.48 Å².